The third kappa shape index (κ3) is 3.67. The van der Waals surface area contributed by atoms with Crippen LogP contribution in [0.2, 0.25) is 0 Å². The quantitative estimate of drug-likeness (QED) is 0.299. The number of hydrogen-bond acceptors (Lipinski definition) is 4. The molecule has 6 nitrogen and oxygen atoms in total. The SMILES string of the molecule is NCCSCc1cnc(N=C(N)N)[nH]1. The number of aromatic nitrogens is 2. The molecule has 0 bridgehead atoms. The number of thioether (sulfide) groups is 1. The summed E-state index contributed by atoms with van der Waals surface area (Å²) in [6.07, 6.45) is 1.71. The van der Waals surface area contributed by atoms with E-state index in [-0.39, 0.29) is 5.96 Å². The number of nitrogens with one attached hydrogen (secondary N) is 1. The summed E-state index contributed by atoms with van der Waals surface area (Å²) >= 11 is 1.73. The van der Waals surface area contributed by atoms with Crippen LogP contribution in [0.4, 0.5) is 5.95 Å². The van der Waals surface area contributed by atoms with E-state index in [2.05, 4.69) is 15.0 Å². The molecule has 0 fully saturated rings. The van der Waals surface area contributed by atoms with Crippen molar-refractivity contribution in [2.45, 2.75) is 5.75 Å². The Morgan fingerprint density at radius 3 is 3.00 bits per heavy atom. The van der Waals surface area contributed by atoms with Crippen molar-refractivity contribution in [1.29, 1.82) is 0 Å². The lowest BCUT2D eigenvalue weighted by Gasteiger charge is -1.95. The van der Waals surface area contributed by atoms with Crippen molar-refractivity contribution >= 4 is 23.7 Å². The number of aliphatic imine (C=N–C) groups is 1. The average molecular weight is 214 g/mol. The summed E-state index contributed by atoms with van der Waals surface area (Å²) in [5, 5.41) is 0. The number of nitrogens with two attached hydrogens (primary N) is 3. The smallest absolute Gasteiger partial charge is 0.230 e. The number of nitrogens with zero attached hydrogens (tertiary/aromatic N) is 2. The fourth-order valence-electron chi connectivity index (χ4n) is 0.865. The van der Waals surface area contributed by atoms with Crippen LogP contribution in [0.1, 0.15) is 5.69 Å². The number of rotatable bonds is 5. The second-order valence-corrected chi connectivity index (χ2v) is 3.72. The molecule has 7 heteroatoms. The first-order chi connectivity index (χ1) is 6.72. The van der Waals surface area contributed by atoms with Crippen molar-refractivity contribution < 1.29 is 0 Å². The molecule has 1 heterocycles. The molecule has 0 aliphatic rings. The molecule has 7 N–H and O–H groups in total. The lowest BCUT2D eigenvalue weighted by atomic mass is 10.6. The highest BCUT2D eigenvalue weighted by Crippen LogP contribution is 2.12. The van der Waals surface area contributed by atoms with Crippen LogP contribution in [0.5, 0.6) is 0 Å². The molecule has 0 radical (unpaired) electrons. The molecule has 0 saturated heterocycles. The maximum absolute atomic E-state index is 5.36. The third-order valence-electron chi connectivity index (χ3n) is 1.37. The van der Waals surface area contributed by atoms with Crippen molar-refractivity contribution in [2.24, 2.45) is 22.2 Å². The molecular weight excluding hydrogens is 200 g/mol. The van der Waals surface area contributed by atoms with Gasteiger partial charge in [0, 0.05) is 23.7 Å². The molecule has 0 spiro atoms. The largest absolute Gasteiger partial charge is 0.370 e. The van der Waals surface area contributed by atoms with Crippen molar-refractivity contribution in [3.63, 3.8) is 0 Å². The zero-order chi connectivity index (χ0) is 10.4. The highest BCUT2D eigenvalue weighted by Gasteiger charge is 1.99. The van der Waals surface area contributed by atoms with Gasteiger partial charge in [0.25, 0.3) is 0 Å². The fourth-order valence-corrected chi connectivity index (χ4v) is 1.54. The Morgan fingerprint density at radius 2 is 2.36 bits per heavy atom. The van der Waals surface area contributed by atoms with Crippen LogP contribution in [-0.4, -0.2) is 28.2 Å². The molecule has 0 unspecified atom stereocenters. The summed E-state index contributed by atoms with van der Waals surface area (Å²) in [5.74, 6) is 2.20. The van der Waals surface area contributed by atoms with Crippen LogP contribution >= 0.6 is 11.8 Å². The third-order valence-corrected chi connectivity index (χ3v) is 2.41. The van der Waals surface area contributed by atoms with E-state index in [1.54, 1.807) is 18.0 Å². The minimum absolute atomic E-state index is 0.000473. The second-order valence-electron chi connectivity index (χ2n) is 2.61. The summed E-state index contributed by atoms with van der Waals surface area (Å²) in [6, 6.07) is 0. The van der Waals surface area contributed by atoms with Crippen LogP contribution in [0.15, 0.2) is 11.2 Å². The topological polar surface area (TPSA) is 119 Å². The molecule has 0 atom stereocenters. The van der Waals surface area contributed by atoms with Crippen molar-refractivity contribution in [3.8, 4) is 0 Å². The number of aromatic amines is 1. The van der Waals surface area contributed by atoms with Gasteiger partial charge in [-0.05, 0) is 0 Å². The molecule has 0 amide bonds. The Bertz CT molecular complexity index is 303. The Labute approximate surface area is 86.4 Å². The predicted octanol–water partition coefficient (Wildman–Crippen LogP) is -0.493. The van der Waals surface area contributed by atoms with Crippen LogP contribution in [0, 0.1) is 0 Å². The highest BCUT2D eigenvalue weighted by molar-refractivity contribution is 7.98. The molecule has 1 aromatic heterocycles. The van der Waals surface area contributed by atoms with Gasteiger partial charge >= 0.3 is 0 Å². The molecule has 0 aliphatic heterocycles. The first kappa shape index (κ1) is 10.9. The van der Waals surface area contributed by atoms with Gasteiger partial charge in [-0.3, -0.25) is 0 Å². The molecule has 1 rings (SSSR count). The van der Waals surface area contributed by atoms with Gasteiger partial charge in [0.05, 0.1) is 6.20 Å². The zero-order valence-corrected chi connectivity index (χ0v) is 8.55. The Kier molecular flexibility index (Phi) is 4.27. The molecule has 78 valence electrons. The van der Waals surface area contributed by atoms with E-state index in [0.717, 1.165) is 17.2 Å². The number of H-pyrrole nitrogens is 1. The lowest BCUT2D eigenvalue weighted by molar-refractivity contribution is 1.14. The van der Waals surface area contributed by atoms with Gasteiger partial charge in [-0.2, -0.15) is 16.8 Å². The van der Waals surface area contributed by atoms with Gasteiger partial charge in [0.2, 0.25) is 5.95 Å². The van der Waals surface area contributed by atoms with Crippen molar-refractivity contribution in [3.05, 3.63) is 11.9 Å². The summed E-state index contributed by atoms with van der Waals surface area (Å²) in [6.45, 7) is 0.680. The highest BCUT2D eigenvalue weighted by atomic mass is 32.2. The molecule has 14 heavy (non-hydrogen) atoms. The van der Waals surface area contributed by atoms with Crippen molar-refractivity contribution in [2.75, 3.05) is 12.3 Å². The van der Waals surface area contributed by atoms with Gasteiger partial charge in [-0.15, -0.1) is 0 Å². The van der Waals surface area contributed by atoms with Crippen LogP contribution in [0.3, 0.4) is 0 Å². The molecule has 0 saturated carbocycles. The maximum atomic E-state index is 5.36. The summed E-state index contributed by atoms with van der Waals surface area (Å²) in [7, 11) is 0. The minimum atomic E-state index is 0.000473. The summed E-state index contributed by atoms with van der Waals surface area (Å²) < 4.78 is 0. The Morgan fingerprint density at radius 1 is 1.57 bits per heavy atom. The van der Waals surface area contributed by atoms with E-state index in [0.29, 0.717) is 12.5 Å². The van der Waals surface area contributed by atoms with Gasteiger partial charge in [0.1, 0.15) is 0 Å². The van der Waals surface area contributed by atoms with Crippen LogP contribution in [-0.2, 0) is 5.75 Å². The Hall–Kier alpha value is -1.21. The first-order valence-electron chi connectivity index (χ1n) is 4.13. The van der Waals surface area contributed by atoms with E-state index >= 15 is 0 Å². The van der Waals surface area contributed by atoms with Crippen LogP contribution < -0.4 is 17.2 Å². The molecule has 1 aromatic rings. The molecule has 0 aromatic carbocycles. The van der Waals surface area contributed by atoms with Gasteiger partial charge < -0.3 is 22.2 Å². The fraction of sp³-hybridized carbons (Fsp3) is 0.429. The van der Waals surface area contributed by atoms with E-state index in [1.165, 1.54) is 0 Å². The summed E-state index contributed by atoms with van der Waals surface area (Å²) in [4.78, 5) is 10.8. The summed E-state index contributed by atoms with van der Waals surface area (Å²) in [5.41, 5.74) is 16.8. The van der Waals surface area contributed by atoms with Crippen molar-refractivity contribution in [1.82, 2.24) is 9.97 Å². The van der Waals surface area contributed by atoms with E-state index in [1.807, 2.05) is 0 Å². The number of imidazole rings is 1. The molecule has 0 aliphatic carbocycles. The lowest BCUT2D eigenvalue weighted by Crippen LogP contribution is -2.22. The standard InChI is InChI=1S/C7H14N6S/c8-1-2-14-4-5-3-11-7(12-5)13-6(9)10/h3H,1-2,4,8H2,(H5,9,10,11,12,13). The normalized spacial score (nSPS) is 10.1. The molecular formula is C7H14N6S. The van der Waals surface area contributed by atoms with Gasteiger partial charge in [-0.25, -0.2) is 4.98 Å². The Balaban J connectivity index is 2.47. The second kappa shape index (κ2) is 5.51. The number of hydrogen-bond donors (Lipinski definition) is 4. The first-order valence-corrected chi connectivity index (χ1v) is 5.29. The minimum Gasteiger partial charge on any atom is -0.370 e. The van der Waals surface area contributed by atoms with Crippen LogP contribution in [0.25, 0.3) is 0 Å². The predicted molar refractivity (Wildman–Crippen MR) is 59.3 cm³/mol. The van der Waals surface area contributed by atoms with E-state index in [9.17, 15) is 0 Å². The monoisotopic (exact) mass is 214 g/mol. The van der Waals surface area contributed by atoms with E-state index < -0.39 is 0 Å². The number of guanidine groups is 1. The van der Waals surface area contributed by atoms with E-state index in [4.69, 9.17) is 17.2 Å². The maximum Gasteiger partial charge on any atom is 0.230 e. The zero-order valence-electron chi connectivity index (χ0n) is 7.73. The van der Waals surface area contributed by atoms with Gasteiger partial charge in [0.15, 0.2) is 5.96 Å². The van der Waals surface area contributed by atoms with Gasteiger partial charge in [-0.1, -0.05) is 0 Å². The average Bonchev–Trinajstić information content (AvgIpc) is 2.52.